The minimum Gasteiger partial charge on any atom is -0.384 e. The molecule has 2 heterocycles. The Balaban J connectivity index is 2.04. The third kappa shape index (κ3) is 3.29. The summed E-state index contributed by atoms with van der Waals surface area (Å²) < 4.78 is 6.20. The summed E-state index contributed by atoms with van der Waals surface area (Å²) >= 11 is 6.85. The highest BCUT2D eigenvalue weighted by molar-refractivity contribution is 9.10. The highest BCUT2D eigenvalue weighted by Gasteiger charge is 2.13. The Morgan fingerprint density at radius 2 is 2.05 bits per heavy atom. The Hall–Kier alpha value is -0.950. The molecule has 0 saturated carbocycles. The number of thiophene rings is 1. The number of halogens is 1. The first kappa shape index (κ1) is 15.0. The topological polar surface area (TPSA) is 35.0 Å². The van der Waals surface area contributed by atoms with E-state index in [1.807, 2.05) is 0 Å². The minimum absolute atomic E-state index is 0.716. The minimum atomic E-state index is 0.716. The van der Waals surface area contributed by atoms with Crippen molar-refractivity contribution < 1.29 is 4.74 Å². The zero-order chi connectivity index (χ0) is 14.7. The van der Waals surface area contributed by atoms with Crippen LogP contribution in [0.15, 0.2) is 45.5 Å². The first-order chi connectivity index (χ1) is 10.3. The zero-order valence-electron chi connectivity index (χ0n) is 11.4. The second kappa shape index (κ2) is 6.87. The van der Waals surface area contributed by atoms with Gasteiger partial charge in [0.25, 0.3) is 0 Å². The van der Waals surface area contributed by atoms with Gasteiger partial charge in [-0.25, -0.2) is 9.97 Å². The molecule has 21 heavy (non-hydrogen) atoms. The molecule has 0 aliphatic rings. The van der Waals surface area contributed by atoms with Crippen molar-refractivity contribution in [1.29, 1.82) is 0 Å². The summed E-state index contributed by atoms with van der Waals surface area (Å²) in [4.78, 5) is 9.87. The Bertz CT molecular complexity index is 743. The number of fused-ring (bicyclic) bond motifs is 1. The maximum Gasteiger partial charge on any atom is 0.128 e. The molecule has 3 rings (SSSR count). The number of rotatable bonds is 5. The number of thioether (sulfide) groups is 1. The van der Waals surface area contributed by atoms with Crippen molar-refractivity contribution in [1.82, 2.24) is 9.97 Å². The third-order valence-corrected chi connectivity index (χ3v) is 5.39. The van der Waals surface area contributed by atoms with E-state index in [1.165, 1.54) is 11.1 Å². The van der Waals surface area contributed by atoms with Crippen LogP contribution < -0.4 is 0 Å². The zero-order valence-corrected chi connectivity index (χ0v) is 14.6. The molecule has 108 valence electrons. The third-order valence-electron chi connectivity index (χ3n) is 3.02. The Morgan fingerprint density at radius 1 is 1.24 bits per heavy atom. The Morgan fingerprint density at radius 3 is 2.81 bits per heavy atom. The summed E-state index contributed by atoms with van der Waals surface area (Å²) in [5.74, 6) is 0.887. The van der Waals surface area contributed by atoms with E-state index in [1.54, 1.807) is 36.5 Å². The first-order valence-electron chi connectivity index (χ1n) is 6.39. The van der Waals surface area contributed by atoms with Crippen LogP contribution in [0, 0.1) is 0 Å². The second-order valence-corrected chi connectivity index (χ2v) is 7.21. The summed E-state index contributed by atoms with van der Waals surface area (Å²) in [5.41, 5.74) is 2.39. The van der Waals surface area contributed by atoms with Crippen LogP contribution in [0.3, 0.4) is 0 Å². The van der Waals surface area contributed by atoms with Gasteiger partial charge in [-0.3, -0.25) is 0 Å². The molecule has 0 unspecified atom stereocenters. The van der Waals surface area contributed by atoms with Crippen LogP contribution in [0.5, 0.6) is 0 Å². The lowest BCUT2D eigenvalue weighted by molar-refractivity contribution is 0.218. The monoisotopic (exact) mass is 380 g/mol. The van der Waals surface area contributed by atoms with Gasteiger partial charge >= 0.3 is 0 Å². The standard InChI is InChI=1S/C15H13BrN2OS2/c1-19-6-7-20-14-13-12(8-21-15(13)18-9-17-14)10-2-4-11(16)5-3-10/h2-5,8-9H,6-7H2,1H3. The van der Waals surface area contributed by atoms with Gasteiger partial charge < -0.3 is 4.74 Å². The molecule has 0 saturated heterocycles. The number of ether oxygens (including phenoxy) is 1. The van der Waals surface area contributed by atoms with Crippen LogP contribution in [0.1, 0.15) is 0 Å². The molecule has 2 aromatic heterocycles. The van der Waals surface area contributed by atoms with E-state index in [-0.39, 0.29) is 0 Å². The molecule has 0 bridgehead atoms. The summed E-state index contributed by atoms with van der Waals surface area (Å²) in [6.45, 7) is 0.716. The molecule has 0 aliphatic carbocycles. The highest BCUT2D eigenvalue weighted by atomic mass is 79.9. The van der Waals surface area contributed by atoms with Gasteiger partial charge in [-0.05, 0) is 17.7 Å². The van der Waals surface area contributed by atoms with Gasteiger partial charge in [-0.2, -0.15) is 0 Å². The molecule has 0 fully saturated rings. The predicted molar refractivity (Wildman–Crippen MR) is 93.2 cm³/mol. The molecular formula is C15H13BrN2OS2. The molecule has 0 amide bonds. The van der Waals surface area contributed by atoms with Crippen LogP contribution in [-0.4, -0.2) is 29.4 Å². The second-order valence-electron chi connectivity index (χ2n) is 4.36. The van der Waals surface area contributed by atoms with E-state index < -0.39 is 0 Å². The number of benzene rings is 1. The van der Waals surface area contributed by atoms with Crippen LogP contribution in [0.4, 0.5) is 0 Å². The van der Waals surface area contributed by atoms with E-state index in [9.17, 15) is 0 Å². The summed E-state index contributed by atoms with van der Waals surface area (Å²) in [6, 6.07) is 8.34. The number of hydrogen-bond acceptors (Lipinski definition) is 5. The lowest BCUT2D eigenvalue weighted by Crippen LogP contribution is -1.93. The van der Waals surface area contributed by atoms with Gasteiger partial charge in [0.05, 0.1) is 12.0 Å². The van der Waals surface area contributed by atoms with Crippen molar-refractivity contribution in [2.45, 2.75) is 5.03 Å². The van der Waals surface area contributed by atoms with E-state index in [4.69, 9.17) is 4.74 Å². The van der Waals surface area contributed by atoms with Gasteiger partial charge in [0, 0.05) is 28.3 Å². The van der Waals surface area contributed by atoms with Gasteiger partial charge in [0.2, 0.25) is 0 Å². The molecule has 0 aliphatic heterocycles. The van der Waals surface area contributed by atoms with Crippen molar-refractivity contribution in [2.75, 3.05) is 19.5 Å². The van der Waals surface area contributed by atoms with Crippen molar-refractivity contribution >= 4 is 49.2 Å². The maximum absolute atomic E-state index is 5.12. The van der Waals surface area contributed by atoms with Crippen molar-refractivity contribution in [3.63, 3.8) is 0 Å². The van der Waals surface area contributed by atoms with Crippen LogP contribution >= 0.6 is 39.0 Å². The van der Waals surface area contributed by atoms with Gasteiger partial charge in [-0.15, -0.1) is 23.1 Å². The maximum atomic E-state index is 5.12. The lowest BCUT2D eigenvalue weighted by Gasteiger charge is -2.05. The molecule has 6 heteroatoms. The fraction of sp³-hybridized carbons (Fsp3) is 0.200. The largest absolute Gasteiger partial charge is 0.384 e. The summed E-state index contributed by atoms with van der Waals surface area (Å²) in [6.07, 6.45) is 1.64. The fourth-order valence-electron chi connectivity index (χ4n) is 2.02. The molecule has 0 spiro atoms. The van der Waals surface area contributed by atoms with Crippen LogP contribution in [-0.2, 0) is 4.74 Å². The van der Waals surface area contributed by atoms with E-state index >= 15 is 0 Å². The Labute approximate surface area is 139 Å². The lowest BCUT2D eigenvalue weighted by atomic mass is 10.1. The van der Waals surface area contributed by atoms with E-state index in [2.05, 4.69) is 55.5 Å². The normalized spacial score (nSPS) is 11.1. The number of aromatic nitrogens is 2. The molecular weight excluding hydrogens is 368 g/mol. The average Bonchev–Trinajstić information content (AvgIpc) is 2.93. The van der Waals surface area contributed by atoms with Crippen LogP contribution in [0.2, 0.25) is 0 Å². The fourth-order valence-corrected chi connectivity index (χ4v) is 4.18. The van der Waals surface area contributed by atoms with E-state index in [0.29, 0.717) is 6.61 Å². The predicted octanol–water partition coefficient (Wildman–Crippen LogP) is 4.86. The summed E-state index contributed by atoms with van der Waals surface area (Å²) in [5, 5.41) is 4.32. The van der Waals surface area contributed by atoms with Crippen molar-refractivity contribution in [3.8, 4) is 11.1 Å². The molecule has 1 aromatic carbocycles. The smallest absolute Gasteiger partial charge is 0.128 e. The molecule has 3 nitrogen and oxygen atoms in total. The van der Waals surface area contributed by atoms with Crippen LogP contribution in [0.25, 0.3) is 21.3 Å². The average molecular weight is 381 g/mol. The number of nitrogens with zero attached hydrogens (tertiary/aromatic N) is 2. The molecule has 0 N–H and O–H groups in total. The highest BCUT2D eigenvalue weighted by Crippen LogP contribution is 2.38. The van der Waals surface area contributed by atoms with E-state index in [0.717, 1.165) is 25.5 Å². The molecule has 0 radical (unpaired) electrons. The van der Waals surface area contributed by atoms with Crippen molar-refractivity contribution in [3.05, 3.63) is 40.4 Å². The SMILES string of the molecule is COCCSc1ncnc2scc(-c3ccc(Br)cc3)c12. The quantitative estimate of drug-likeness (QED) is 0.359. The van der Waals surface area contributed by atoms with Gasteiger partial charge in [0.15, 0.2) is 0 Å². The summed E-state index contributed by atoms with van der Waals surface area (Å²) in [7, 11) is 1.72. The van der Waals surface area contributed by atoms with Gasteiger partial charge in [0.1, 0.15) is 16.2 Å². The Kier molecular flexibility index (Phi) is 4.90. The molecule has 3 aromatic rings. The first-order valence-corrected chi connectivity index (χ1v) is 9.05. The number of methoxy groups -OCH3 is 1. The molecule has 0 atom stereocenters. The van der Waals surface area contributed by atoms with Crippen molar-refractivity contribution in [2.24, 2.45) is 0 Å². The van der Waals surface area contributed by atoms with Gasteiger partial charge in [-0.1, -0.05) is 28.1 Å². The number of hydrogen-bond donors (Lipinski definition) is 0.